The Bertz CT molecular complexity index is 796. The van der Waals surface area contributed by atoms with Crippen molar-refractivity contribution in [2.75, 3.05) is 12.3 Å². The van der Waals surface area contributed by atoms with E-state index < -0.39 is 0 Å². The summed E-state index contributed by atoms with van der Waals surface area (Å²) >= 11 is 0. The number of nitrogens with one attached hydrogen (secondary N) is 1. The normalized spacial score (nSPS) is 10.7. The molecule has 22 heavy (non-hydrogen) atoms. The topological polar surface area (TPSA) is 85.8 Å². The Kier molecular flexibility index (Phi) is 4.00. The molecule has 0 saturated heterocycles. The average molecular weight is 295 g/mol. The standard InChI is InChI=1S/C16H17N5O/c17-15-14(18-8-9-19-15)16(22)20-7-3-10-21-11-6-12-4-1-2-5-13(12)21/h1-2,4-6,8-9,11H,3,7,10H2,(H2,17,19)(H,20,22). The summed E-state index contributed by atoms with van der Waals surface area (Å²) in [5, 5.41) is 4.04. The lowest BCUT2D eigenvalue weighted by Gasteiger charge is -2.07. The van der Waals surface area contributed by atoms with Crippen molar-refractivity contribution in [1.29, 1.82) is 0 Å². The highest BCUT2D eigenvalue weighted by molar-refractivity contribution is 5.96. The van der Waals surface area contributed by atoms with Gasteiger partial charge >= 0.3 is 0 Å². The second-order valence-electron chi connectivity index (χ2n) is 4.97. The first kappa shape index (κ1) is 14.1. The van der Waals surface area contributed by atoms with E-state index in [0.29, 0.717) is 6.54 Å². The number of rotatable bonds is 5. The van der Waals surface area contributed by atoms with Crippen molar-refractivity contribution >= 4 is 22.6 Å². The molecule has 2 aromatic heterocycles. The second-order valence-corrected chi connectivity index (χ2v) is 4.97. The molecule has 6 heteroatoms. The molecule has 0 unspecified atom stereocenters. The van der Waals surface area contributed by atoms with Crippen molar-refractivity contribution in [2.45, 2.75) is 13.0 Å². The Labute approximate surface area is 128 Å². The first-order valence-electron chi connectivity index (χ1n) is 7.14. The molecule has 0 aliphatic heterocycles. The highest BCUT2D eigenvalue weighted by Gasteiger charge is 2.10. The molecule has 3 rings (SSSR count). The van der Waals surface area contributed by atoms with Crippen LogP contribution in [0.15, 0.2) is 48.9 Å². The molecule has 0 fully saturated rings. The van der Waals surface area contributed by atoms with Crippen LogP contribution in [0, 0.1) is 0 Å². The van der Waals surface area contributed by atoms with Crippen LogP contribution in [0.3, 0.4) is 0 Å². The minimum atomic E-state index is -0.289. The molecule has 1 aromatic carbocycles. The molecule has 0 aliphatic rings. The van der Waals surface area contributed by atoms with Gasteiger partial charge in [-0.15, -0.1) is 0 Å². The molecule has 0 saturated carbocycles. The number of fused-ring (bicyclic) bond motifs is 1. The van der Waals surface area contributed by atoms with Crippen molar-refractivity contribution in [1.82, 2.24) is 19.9 Å². The third-order valence-corrected chi connectivity index (χ3v) is 3.48. The predicted molar refractivity (Wildman–Crippen MR) is 85.3 cm³/mol. The number of benzene rings is 1. The molecule has 0 radical (unpaired) electrons. The minimum absolute atomic E-state index is 0.149. The number of carbonyl (C=O) groups is 1. The van der Waals surface area contributed by atoms with E-state index in [9.17, 15) is 4.79 Å². The zero-order chi connectivity index (χ0) is 15.4. The summed E-state index contributed by atoms with van der Waals surface area (Å²) < 4.78 is 2.18. The SMILES string of the molecule is Nc1nccnc1C(=O)NCCCn1ccc2ccccc21. The van der Waals surface area contributed by atoms with Gasteiger partial charge in [0.25, 0.3) is 5.91 Å². The van der Waals surface area contributed by atoms with Crippen LogP contribution in [0.5, 0.6) is 0 Å². The number of amides is 1. The first-order valence-corrected chi connectivity index (χ1v) is 7.14. The summed E-state index contributed by atoms with van der Waals surface area (Å²) in [6.45, 7) is 1.39. The quantitative estimate of drug-likeness (QED) is 0.703. The summed E-state index contributed by atoms with van der Waals surface area (Å²) in [6, 6.07) is 10.3. The number of nitrogen functional groups attached to an aromatic ring is 1. The summed E-state index contributed by atoms with van der Waals surface area (Å²) in [7, 11) is 0. The molecule has 0 spiro atoms. The van der Waals surface area contributed by atoms with Gasteiger partial charge in [0.05, 0.1) is 0 Å². The van der Waals surface area contributed by atoms with E-state index in [1.165, 1.54) is 23.3 Å². The van der Waals surface area contributed by atoms with Crippen LogP contribution in [0.1, 0.15) is 16.9 Å². The third kappa shape index (κ3) is 2.90. The zero-order valence-electron chi connectivity index (χ0n) is 12.1. The molecule has 0 bridgehead atoms. The molecule has 0 aliphatic carbocycles. The molecule has 2 heterocycles. The van der Waals surface area contributed by atoms with Gasteiger partial charge in [0, 0.05) is 37.2 Å². The molecule has 3 N–H and O–H groups in total. The Balaban J connectivity index is 1.54. The Hall–Kier alpha value is -2.89. The maximum absolute atomic E-state index is 11.9. The van der Waals surface area contributed by atoms with Gasteiger partial charge in [-0.25, -0.2) is 9.97 Å². The van der Waals surface area contributed by atoms with Gasteiger partial charge in [-0.3, -0.25) is 4.79 Å². The maximum Gasteiger partial charge on any atom is 0.273 e. The maximum atomic E-state index is 11.9. The smallest absolute Gasteiger partial charge is 0.273 e. The first-order chi connectivity index (χ1) is 10.8. The lowest BCUT2D eigenvalue weighted by Crippen LogP contribution is -2.27. The second kappa shape index (κ2) is 6.26. The molecular formula is C16H17N5O. The van der Waals surface area contributed by atoms with Crippen LogP contribution < -0.4 is 11.1 Å². The number of hydrogen-bond acceptors (Lipinski definition) is 4. The van der Waals surface area contributed by atoms with E-state index in [4.69, 9.17) is 5.73 Å². The van der Waals surface area contributed by atoms with Gasteiger partial charge < -0.3 is 15.6 Å². The number of nitrogens with zero attached hydrogens (tertiary/aromatic N) is 3. The van der Waals surface area contributed by atoms with Gasteiger partial charge in [-0.2, -0.15) is 0 Å². The van der Waals surface area contributed by atoms with Gasteiger partial charge in [0.2, 0.25) is 0 Å². The van der Waals surface area contributed by atoms with Gasteiger partial charge in [0.15, 0.2) is 11.5 Å². The lowest BCUT2D eigenvalue weighted by molar-refractivity contribution is 0.0948. The predicted octanol–water partition coefficient (Wildman–Crippen LogP) is 1.83. The average Bonchev–Trinajstić information content (AvgIpc) is 2.95. The number of nitrogens with two attached hydrogens (primary N) is 1. The summed E-state index contributed by atoms with van der Waals surface area (Å²) in [5.41, 5.74) is 7.00. The molecule has 112 valence electrons. The largest absolute Gasteiger partial charge is 0.382 e. The third-order valence-electron chi connectivity index (χ3n) is 3.48. The van der Waals surface area contributed by atoms with Crippen molar-refractivity contribution in [3.05, 3.63) is 54.6 Å². The Morgan fingerprint density at radius 3 is 2.86 bits per heavy atom. The highest BCUT2D eigenvalue weighted by Crippen LogP contribution is 2.15. The van der Waals surface area contributed by atoms with Gasteiger partial charge in [-0.05, 0) is 23.9 Å². The van der Waals surface area contributed by atoms with E-state index in [1.54, 1.807) is 0 Å². The van der Waals surface area contributed by atoms with Crippen LogP contribution in [0.25, 0.3) is 10.9 Å². The van der Waals surface area contributed by atoms with E-state index in [0.717, 1.165) is 13.0 Å². The summed E-state index contributed by atoms with van der Waals surface area (Å²) in [5.74, 6) is -0.139. The van der Waals surface area contributed by atoms with Crippen molar-refractivity contribution in [2.24, 2.45) is 0 Å². The van der Waals surface area contributed by atoms with Crippen molar-refractivity contribution < 1.29 is 4.79 Å². The molecule has 3 aromatic rings. The number of hydrogen-bond donors (Lipinski definition) is 2. The number of carbonyl (C=O) groups excluding carboxylic acids is 1. The van der Waals surface area contributed by atoms with Crippen molar-refractivity contribution in [3.63, 3.8) is 0 Å². The fraction of sp³-hybridized carbons (Fsp3) is 0.188. The molecule has 1 amide bonds. The molecule has 0 atom stereocenters. The van der Waals surface area contributed by atoms with Crippen LogP contribution >= 0.6 is 0 Å². The Morgan fingerprint density at radius 1 is 1.18 bits per heavy atom. The highest BCUT2D eigenvalue weighted by atomic mass is 16.1. The van der Waals surface area contributed by atoms with Crippen molar-refractivity contribution in [3.8, 4) is 0 Å². The summed E-state index contributed by atoms with van der Waals surface area (Å²) in [4.78, 5) is 19.7. The molecular weight excluding hydrogens is 278 g/mol. The minimum Gasteiger partial charge on any atom is -0.382 e. The van der Waals surface area contributed by atoms with Crippen LogP contribution in [0.2, 0.25) is 0 Å². The molecule has 6 nitrogen and oxygen atoms in total. The Morgan fingerprint density at radius 2 is 2.00 bits per heavy atom. The number of aryl methyl sites for hydroxylation is 1. The lowest BCUT2D eigenvalue weighted by atomic mass is 10.2. The zero-order valence-corrected chi connectivity index (χ0v) is 12.1. The number of para-hydroxylation sites is 1. The van der Waals surface area contributed by atoms with Crippen LogP contribution in [0.4, 0.5) is 5.82 Å². The number of anilines is 1. The van der Waals surface area contributed by atoms with E-state index >= 15 is 0 Å². The van der Waals surface area contributed by atoms with E-state index in [2.05, 4.69) is 44.2 Å². The monoisotopic (exact) mass is 295 g/mol. The fourth-order valence-corrected chi connectivity index (χ4v) is 2.39. The van der Waals surface area contributed by atoms with Crippen LogP contribution in [-0.4, -0.2) is 27.0 Å². The number of aromatic nitrogens is 3. The van der Waals surface area contributed by atoms with E-state index in [-0.39, 0.29) is 17.4 Å². The van der Waals surface area contributed by atoms with Gasteiger partial charge in [-0.1, -0.05) is 18.2 Å². The van der Waals surface area contributed by atoms with Gasteiger partial charge in [0.1, 0.15) is 0 Å². The summed E-state index contributed by atoms with van der Waals surface area (Å²) in [6.07, 6.45) is 5.80. The van der Waals surface area contributed by atoms with Crippen LogP contribution in [-0.2, 0) is 6.54 Å². The fourth-order valence-electron chi connectivity index (χ4n) is 2.39. The van der Waals surface area contributed by atoms with E-state index in [1.807, 2.05) is 12.1 Å².